The lowest BCUT2D eigenvalue weighted by Gasteiger charge is -2.09. The molecule has 0 unspecified atom stereocenters. The van der Waals surface area contributed by atoms with E-state index in [2.05, 4.69) is 5.32 Å². The third-order valence-electron chi connectivity index (χ3n) is 3.75. The molecule has 0 spiro atoms. The van der Waals surface area contributed by atoms with Crippen LogP contribution in [0.2, 0.25) is 0 Å². The number of benzene rings is 2. The van der Waals surface area contributed by atoms with Gasteiger partial charge in [-0.25, -0.2) is 0 Å². The predicted octanol–water partition coefficient (Wildman–Crippen LogP) is 2.11. The second-order valence-corrected chi connectivity index (χ2v) is 5.34. The van der Waals surface area contributed by atoms with Crippen LogP contribution in [0.4, 0.5) is 0 Å². The van der Waals surface area contributed by atoms with E-state index >= 15 is 0 Å². The number of rotatable bonds is 4. The summed E-state index contributed by atoms with van der Waals surface area (Å²) >= 11 is 0. The molecule has 0 radical (unpaired) electrons. The van der Waals surface area contributed by atoms with Crippen molar-refractivity contribution in [2.75, 3.05) is 13.3 Å². The molecular weight excluding hydrogens is 298 g/mol. The maximum absolute atomic E-state index is 12.1. The van der Waals surface area contributed by atoms with Gasteiger partial charge in [-0.2, -0.15) is 0 Å². The molecule has 0 saturated heterocycles. The van der Waals surface area contributed by atoms with Crippen LogP contribution in [0, 0.1) is 6.92 Å². The van der Waals surface area contributed by atoms with E-state index in [1.807, 2.05) is 6.92 Å². The molecule has 0 aromatic heterocycles. The summed E-state index contributed by atoms with van der Waals surface area (Å²) in [5.41, 5.74) is 2.23. The number of ether oxygens (including phenoxy) is 2. The van der Waals surface area contributed by atoms with Crippen LogP contribution >= 0.6 is 0 Å². The first-order valence-corrected chi connectivity index (χ1v) is 7.24. The monoisotopic (exact) mass is 315 g/mol. The number of amides is 1. The van der Waals surface area contributed by atoms with Gasteiger partial charge in [0.2, 0.25) is 6.79 Å². The van der Waals surface area contributed by atoms with Crippen molar-refractivity contribution in [2.24, 2.45) is 0 Å². The van der Waals surface area contributed by atoms with Crippen LogP contribution < -0.4 is 14.8 Å². The third kappa shape index (κ3) is 3.15. The molecule has 0 saturated carbocycles. The van der Waals surface area contributed by atoms with Gasteiger partial charge in [-0.3, -0.25) is 4.79 Å². The molecule has 1 heterocycles. The summed E-state index contributed by atoms with van der Waals surface area (Å²) in [7, 11) is 0. The highest BCUT2D eigenvalue weighted by Gasteiger charge is 2.16. The first kappa shape index (κ1) is 15.0. The van der Waals surface area contributed by atoms with E-state index in [0.29, 0.717) is 30.0 Å². The first-order valence-electron chi connectivity index (χ1n) is 7.24. The van der Waals surface area contributed by atoms with Gasteiger partial charge in [0.1, 0.15) is 0 Å². The lowest BCUT2D eigenvalue weighted by molar-refractivity contribution is 0.0953. The van der Waals surface area contributed by atoms with Crippen molar-refractivity contribution in [2.45, 2.75) is 13.3 Å². The average molecular weight is 315 g/mol. The van der Waals surface area contributed by atoms with Crippen LogP contribution in [-0.4, -0.2) is 29.5 Å². The van der Waals surface area contributed by atoms with Crippen molar-refractivity contribution in [3.05, 3.63) is 47.0 Å². The van der Waals surface area contributed by atoms with Gasteiger partial charge in [0.25, 0.3) is 5.91 Å². The van der Waals surface area contributed by atoms with E-state index in [0.717, 1.165) is 11.1 Å². The van der Waals surface area contributed by atoms with E-state index in [-0.39, 0.29) is 24.2 Å². The predicted molar refractivity (Wildman–Crippen MR) is 83.1 cm³/mol. The molecule has 2 aromatic rings. The van der Waals surface area contributed by atoms with E-state index in [1.165, 1.54) is 12.1 Å². The Bertz CT molecular complexity index is 757. The molecule has 1 amide bonds. The number of nitrogens with one attached hydrogen (secondary N) is 1. The van der Waals surface area contributed by atoms with Crippen molar-refractivity contribution in [3.8, 4) is 23.0 Å². The van der Waals surface area contributed by atoms with E-state index in [1.54, 1.807) is 18.2 Å². The fourth-order valence-corrected chi connectivity index (χ4v) is 2.44. The van der Waals surface area contributed by atoms with Crippen LogP contribution in [0.5, 0.6) is 23.0 Å². The molecule has 6 nitrogen and oxygen atoms in total. The van der Waals surface area contributed by atoms with Gasteiger partial charge in [0.05, 0.1) is 0 Å². The number of phenolic OH excluding ortho intramolecular Hbond substituents is 2. The van der Waals surface area contributed by atoms with Gasteiger partial charge in [-0.15, -0.1) is 0 Å². The summed E-state index contributed by atoms with van der Waals surface area (Å²) in [6.07, 6.45) is 0.552. The molecule has 0 atom stereocenters. The zero-order valence-corrected chi connectivity index (χ0v) is 12.6. The maximum atomic E-state index is 12.1. The Morgan fingerprint density at radius 3 is 2.70 bits per heavy atom. The van der Waals surface area contributed by atoms with Gasteiger partial charge < -0.3 is 25.0 Å². The van der Waals surface area contributed by atoms with Crippen molar-refractivity contribution >= 4 is 5.91 Å². The molecule has 23 heavy (non-hydrogen) atoms. The SMILES string of the molecule is Cc1cc(O)c(O)cc1CCNC(=O)c1ccc2c(c1)OCO2. The normalized spacial score (nSPS) is 12.2. The summed E-state index contributed by atoms with van der Waals surface area (Å²) in [5.74, 6) is 0.695. The van der Waals surface area contributed by atoms with Crippen LogP contribution in [0.25, 0.3) is 0 Å². The van der Waals surface area contributed by atoms with Crippen LogP contribution in [0.3, 0.4) is 0 Å². The standard InChI is InChI=1S/C17H17NO5/c1-10-6-13(19)14(20)7-11(10)4-5-18-17(21)12-2-3-15-16(8-12)23-9-22-15/h2-3,6-8,19-20H,4-5,9H2,1H3,(H,18,21). The summed E-state index contributed by atoms with van der Waals surface area (Å²) < 4.78 is 10.5. The van der Waals surface area contributed by atoms with Gasteiger partial charge in [-0.05, 0) is 54.8 Å². The molecule has 1 aliphatic rings. The van der Waals surface area contributed by atoms with Crippen molar-refractivity contribution in [1.82, 2.24) is 5.32 Å². The minimum Gasteiger partial charge on any atom is -0.504 e. The second kappa shape index (κ2) is 6.08. The number of aryl methyl sites for hydroxylation is 1. The zero-order chi connectivity index (χ0) is 16.4. The maximum Gasteiger partial charge on any atom is 0.251 e. The van der Waals surface area contributed by atoms with Gasteiger partial charge in [0, 0.05) is 12.1 Å². The summed E-state index contributed by atoms with van der Waals surface area (Å²) in [6.45, 7) is 2.43. The highest BCUT2D eigenvalue weighted by Crippen LogP contribution is 2.32. The quantitative estimate of drug-likeness (QED) is 0.752. The zero-order valence-electron chi connectivity index (χ0n) is 12.6. The summed E-state index contributed by atoms with van der Waals surface area (Å²) in [4.78, 5) is 12.1. The highest BCUT2D eigenvalue weighted by atomic mass is 16.7. The minimum atomic E-state index is -0.205. The average Bonchev–Trinajstić information content (AvgIpc) is 2.99. The van der Waals surface area contributed by atoms with Gasteiger partial charge >= 0.3 is 0 Å². The highest BCUT2D eigenvalue weighted by molar-refractivity contribution is 5.94. The smallest absolute Gasteiger partial charge is 0.251 e. The lowest BCUT2D eigenvalue weighted by atomic mass is 10.0. The second-order valence-electron chi connectivity index (χ2n) is 5.34. The van der Waals surface area contributed by atoms with E-state index in [9.17, 15) is 15.0 Å². The molecule has 3 N–H and O–H groups in total. The van der Waals surface area contributed by atoms with E-state index in [4.69, 9.17) is 9.47 Å². The largest absolute Gasteiger partial charge is 0.504 e. The molecule has 0 bridgehead atoms. The number of carbonyl (C=O) groups excluding carboxylic acids is 1. The fourth-order valence-electron chi connectivity index (χ4n) is 2.44. The Kier molecular flexibility index (Phi) is 3.97. The molecule has 2 aromatic carbocycles. The van der Waals surface area contributed by atoms with Gasteiger partial charge in [0.15, 0.2) is 23.0 Å². The Morgan fingerprint density at radius 2 is 1.87 bits per heavy atom. The first-order chi connectivity index (χ1) is 11.0. The number of fused-ring (bicyclic) bond motifs is 1. The van der Waals surface area contributed by atoms with Crippen molar-refractivity contribution in [1.29, 1.82) is 0 Å². The molecule has 6 heteroatoms. The molecule has 120 valence electrons. The number of carbonyl (C=O) groups is 1. The molecule has 3 rings (SSSR count). The van der Waals surface area contributed by atoms with Crippen LogP contribution in [-0.2, 0) is 6.42 Å². The minimum absolute atomic E-state index is 0.143. The Morgan fingerprint density at radius 1 is 1.13 bits per heavy atom. The number of phenols is 2. The van der Waals surface area contributed by atoms with Crippen molar-refractivity contribution < 1.29 is 24.5 Å². The number of aromatic hydroxyl groups is 2. The number of hydrogen-bond acceptors (Lipinski definition) is 5. The Balaban J connectivity index is 1.60. The molecular formula is C17H17NO5. The van der Waals surface area contributed by atoms with Crippen LogP contribution in [0.15, 0.2) is 30.3 Å². The van der Waals surface area contributed by atoms with Gasteiger partial charge in [-0.1, -0.05) is 0 Å². The van der Waals surface area contributed by atoms with E-state index < -0.39 is 0 Å². The Labute approximate surface area is 133 Å². The van der Waals surface area contributed by atoms with Crippen molar-refractivity contribution in [3.63, 3.8) is 0 Å². The molecule has 0 aliphatic carbocycles. The molecule has 1 aliphatic heterocycles. The Hall–Kier alpha value is -2.89. The lowest BCUT2D eigenvalue weighted by Crippen LogP contribution is -2.25. The number of hydrogen-bond donors (Lipinski definition) is 3. The third-order valence-corrected chi connectivity index (χ3v) is 3.75. The summed E-state index contributed by atoms with van der Waals surface area (Å²) in [6, 6.07) is 8.05. The summed E-state index contributed by atoms with van der Waals surface area (Å²) in [5, 5.41) is 21.8. The molecule has 0 fully saturated rings. The van der Waals surface area contributed by atoms with Crippen LogP contribution in [0.1, 0.15) is 21.5 Å². The fraction of sp³-hybridized carbons (Fsp3) is 0.235. The topological polar surface area (TPSA) is 88.0 Å².